The number of hydrogen-bond acceptors (Lipinski definition) is 4. The first-order valence-corrected chi connectivity index (χ1v) is 8.16. The average Bonchev–Trinajstić information content (AvgIpc) is 2.57. The normalized spacial score (nSPS) is 29.1. The van der Waals surface area contributed by atoms with Gasteiger partial charge < -0.3 is 14.6 Å². The lowest BCUT2D eigenvalue weighted by Gasteiger charge is -2.52. The van der Waals surface area contributed by atoms with E-state index in [1.54, 1.807) is 14.2 Å². The highest BCUT2D eigenvalue weighted by atomic mass is 16.5. The van der Waals surface area contributed by atoms with Gasteiger partial charge in [-0.25, -0.2) is 0 Å². The summed E-state index contributed by atoms with van der Waals surface area (Å²) in [5.74, 6) is 1.81. The Balaban J connectivity index is 2.00. The van der Waals surface area contributed by atoms with E-state index >= 15 is 0 Å². The second-order valence-corrected chi connectivity index (χ2v) is 6.75. The topological polar surface area (TPSA) is 41.9 Å². The van der Waals surface area contributed by atoms with Crippen molar-refractivity contribution in [3.05, 3.63) is 46.7 Å². The van der Waals surface area contributed by atoms with Crippen LogP contribution in [-0.2, 0) is 16.6 Å². The SMILES string of the molecule is COC1=C[C@@]23CCN(C)[C@@H](Cc4ccc(OC)c(O)c42)C3=CC1. The maximum absolute atomic E-state index is 10.9. The Kier molecular flexibility index (Phi) is 3.20. The van der Waals surface area contributed by atoms with Gasteiger partial charge >= 0.3 is 0 Å². The minimum atomic E-state index is -0.257. The van der Waals surface area contributed by atoms with E-state index in [2.05, 4.69) is 30.2 Å². The number of benzene rings is 1. The van der Waals surface area contributed by atoms with Gasteiger partial charge in [0.1, 0.15) is 0 Å². The summed E-state index contributed by atoms with van der Waals surface area (Å²) >= 11 is 0. The summed E-state index contributed by atoms with van der Waals surface area (Å²) in [6.45, 7) is 1.01. The molecule has 4 rings (SSSR count). The molecule has 122 valence electrons. The minimum absolute atomic E-state index is 0.257. The number of likely N-dealkylation sites (tertiary alicyclic amines) is 1. The smallest absolute Gasteiger partial charge is 0.162 e. The van der Waals surface area contributed by atoms with Crippen molar-refractivity contribution in [1.82, 2.24) is 4.90 Å². The number of hydrogen-bond donors (Lipinski definition) is 1. The number of allylic oxidation sites excluding steroid dienone is 2. The fourth-order valence-electron chi connectivity index (χ4n) is 4.61. The molecule has 2 bridgehead atoms. The maximum atomic E-state index is 10.9. The number of phenols is 1. The highest BCUT2D eigenvalue weighted by Gasteiger charge is 2.50. The summed E-state index contributed by atoms with van der Waals surface area (Å²) in [6, 6.07) is 4.38. The Morgan fingerprint density at radius 1 is 1.26 bits per heavy atom. The fraction of sp³-hybridized carbons (Fsp3) is 0.474. The van der Waals surface area contributed by atoms with Crippen LogP contribution in [0.4, 0.5) is 0 Å². The zero-order valence-electron chi connectivity index (χ0n) is 13.9. The largest absolute Gasteiger partial charge is 0.504 e. The first-order valence-electron chi connectivity index (χ1n) is 8.16. The summed E-state index contributed by atoms with van der Waals surface area (Å²) in [4.78, 5) is 2.43. The number of aromatic hydroxyl groups is 1. The van der Waals surface area contributed by atoms with E-state index in [-0.39, 0.29) is 11.2 Å². The Morgan fingerprint density at radius 3 is 2.83 bits per heavy atom. The summed E-state index contributed by atoms with van der Waals surface area (Å²) in [5, 5.41) is 10.9. The van der Waals surface area contributed by atoms with Gasteiger partial charge in [0.25, 0.3) is 0 Å². The summed E-state index contributed by atoms with van der Waals surface area (Å²) < 4.78 is 10.9. The van der Waals surface area contributed by atoms with Crippen molar-refractivity contribution < 1.29 is 14.6 Å². The predicted octanol–water partition coefficient (Wildman–Crippen LogP) is 2.76. The third kappa shape index (κ3) is 1.88. The molecule has 4 nitrogen and oxygen atoms in total. The third-order valence-corrected chi connectivity index (χ3v) is 5.76. The average molecular weight is 313 g/mol. The Morgan fingerprint density at radius 2 is 2.09 bits per heavy atom. The lowest BCUT2D eigenvalue weighted by atomic mass is 9.58. The highest BCUT2D eigenvalue weighted by molar-refractivity contribution is 5.64. The van der Waals surface area contributed by atoms with E-state index < -0.39 is 0 Å². The molecule has 1 N–H and O–H groups in total. The van der Waals surface area contributed by atoms with Crippen molar-refractivity contribution >= 4 is 0 Å². The molecular formula is C19H23NO3. The highest BCUT2D eigenvalue weighted by Crippen LogP contribution is 2.55. The monoisotopic (exact) mass is 313 g/mol. The lowest BCUT2D eigenvalue weighted by molar-refractivity contribution is 0.176. The molecule has 0 unspecified atom stereocenters. The van der Waals surface area contributed by atoms with Gasteiger partial charge in [-0.05, 0) is 49.7 Å². The van der Waals surface area contributed by atoms with E-state index in [9.17, 15) is 5.11 Å². The second kappa shape index (κ2) is 5.03. The molecule has 0 amide bonds. The number of fused-ring (bicyclic) bond motifs is 1. The van der Waals surface area contributed by atoms with Crippen molar-refractivity contribution in [1.29, 1.82) is 0 Å². The summed E-state index contributed by atoms with van der Waals surface area (Å²) in [5.41, 5.74) is 3.38. The third-order valence-electron chi connectivity index (χ3n) is 5.76. The van der Waals surface area contributed by atoms with Crippen LogP contribution in [-0.4, -0.2) is 43.9 Å². The number of nitrogens with zero attached hydrogens (tertiary/aromatic N) is 1. The van der Waals surface area contributed by atoms with Crippen LogP contribution in [0.2, 0.25) is 0 Å². The van der Waals surface area contributed by atoms with Gasteiger partial charge in [0.2, 0.25) is 0 Å². The number of phenolic OH excluding ortho intramolecular Hbond substituents is 1. The van der Waals surface area contributed by atoms with Crippen LogP contribution >= 0.6 is 0 Å². The molecule has 3 aliphatic rings. The molecule has 1 heterocycles. The van der Waals surface area contributed by atoms with E-state index in [0.717, 1.165) is 37.1 Å². The molecule has 2 atom stereocenters. The van der Waals surface area contributed by atoms with Crippen molar-refractivity contribution in [3.8, 4) is 11.5 Å². The number of piperidine rings is 1. The molecule has 0 spiro atoms. The number of methoxy groups -OCH3 is 2. The molecule has 4 heteroatoms. The van der Waals surface area contributed by atoms with Crippen molar-refractivity contribution in [2.24, 2.45) is 0 Å². The number of rotatable bonds is 2. The molecule has 1 aromatic rings. The molecule has 0 radical (unpaired) electrons. The van der Waals surface area contributed by atoms with Gasteiger partial charge in [0.05, 0.1) is 20.0 Å². The molecule has 1 aliphatic heterocycles. The van der Waals surface area contributed by atoms with Crippen LogP contribution in [0.1, 0.15) is 24.0 Å². The Hall–Kier alpha value is -1.94. The van der Waals surface area contributed by atoms with Crippen LogP contribution in [0, 0.1) is 0 Å². The first kappa shape index (κ1) is 14.6. The molecule has 0 saturated carbocycles. The van der Waals surface area contributed by atoms with E-state index in [0.29, 0.717) is 11.8 Å². The zero-order valence-corrected chi connectivity index (χ0v) is 13.9. The van der Waals surface area contributed by atoms with Gasteiger partial charge in [0, 0.05) is 23.4 Å². The van der Waals surface area contributed by atoms with Gasteiger partial charge in [-0.3, -0.25) is 4.90 Å². The van der Waals surface area contributed by atoms with Crippen LogP contribution in [0.25, 0.3) is 0 Å². The predicted molar refractivity (Wildman–Crippen MR) is 88.9 cm³/mol. The van der Waals surface area contributed by atoms with Gasteiger partial charge in [-0.1, -0.05) is 12.1 Å². The van der Waals surface area contributed by atoms with E-state index in [1.165, 1.54) is 11.1 Å². The maximum Gasteiger partial charge on any atom is 0.162 e. The summed E-state index contributed by atoms with van der Waals surface area (Å²) in [6.07, 6.45) is 7.26. The minimum Gasteiger partial charge on any atom is -0.504 e. The molecule has 0 aromatic heterocycles. The molecule has 2 aliphatic carbocycles. The molecule has 23 heavy (non-hydrogen) atoms. The quantitative estimate of drug-likeness (QED) is 0.853. The lowest BCUT2D eigenvalue weighted by Crippen LogP contribution is -2.53. The van der Waals surface area contributed by atoms with Crippen LogP contribution in [0.3, 0.4) is 0 Å². The van der Waals surface area contributed by atoms with Gasteiger partial charge in [-0.15, -0.1) is 0 Å². The Labute approximate surface area is 137 Å². The van der Waals surface area contributed by atoms with Gasteiger partial charge in [-0.2, -0.15) is 0 Å². The fourth-order valence-corrected chi connectivity index (χ4v) is 4.61. The van der Waals surface area contributed by atoms with E-state index in [4.69, 9.17) is 9.47 Å². The van der Waals surface area contributed by atoms with Crippen LogP contribution in [0.15, 0.2) is 35.6 Å². The number of ether oxygens (including phenoxy) is 2. The summed E-state index contributed by atoms with van der Waals surface area (Å²) in [7, 11) is 5.52. The van der Waals surface area contributed by atoms with Crippen molar-refractivity contribution in [3.63, 3.8) is 0 Å². The molecule has 1 fully saturated rings. The zero-order chi connectivity index (χ0) is 16.2. The van der Waals surface area contributed by atoms with Crippen molar-refractivity contribution in [2.75, 3.05) is 27.8 Å². The second-order valence-electron chi connectivity index (χ2n) is 6.75. The standard InChI is InChI=1S/C19H23NO3/c1-20-9-8-19-11-13(22-2)5-6-14(19)15(20)10-12-4-7-16(23-3)18(21)17(12)19/h4,6-7,11,15,21H,5,8-10H2,1-3H3/t15-,19+/m0/s1. The number of likely N-dealkylation sites (N-methyl/N-ethyl adjacent to an activating group) is 1. The van der Waals surface area contributed by atoms with E-state index in [1.807, 2.05) is 6.07 Å². The van der Waals surface area contributed by atoms with Crippen molar-refractivity contribution in [2.45, 2.75) is 30.7 Å². The molecule has 1 saturated heterocycles. The van der Waals surface area contributed by atoms with Crippen LogP contribution < -0.4 is 4.74 Å². The van der Waals surface area contributed by atoms with Gasteiger partial charge in [0.15, 0.2) is 11.5 Å². The molecular weight excluding hydrogens is 290 g/mol. The van der Waals surface area contributed by atoms with Crippen LogP contribution in [0.5, 0.6) is 11.5 Å². The first-order chi connectivity index (χ1) is 11.1. The Bertz CT molecular complexity index is 722. The molecule has 1 aromatic carbocycles.